The summed E-state index contributed by atoms with van der Waals surface area (Å²) in [6, 6.07) is 0. The number of hydrogen-bond donors (Lipinski definition) is 2. The fourth-order valence-corrected chi connectivity index (χ4v) is 10.9. The van der Waals surface area contributed by atoms with Crippen molar-refractivity contribution in [1.29, 1.82) is 0 Å². The number of alkyl carbamates (subject to hydrolysis) is 1. The van der Waals surface area contributed by atoms with Gasteiger partial charge >= 0.3 is 6.09 Å². The monoisotopic (exact) mass is 645 g/mol. The Labute approximate surface area is 280 Å². The molecule has 3 saturated carbocycles. The quantitative estimate of drug-likeness (QED) is 0.137. The standard InChI is InChI=1S/C39H67NO6/c1-26(2)12-11-13-27(3)31-16-17-32-30-15-14-28-24-29(18-20-38(28,4)33(30)19-21-39(31,32)5)45-37(42)40-22-9-7-8-10-23-44-35-25-34(41)36(43-6)46-35/h14,26-27,29-36,41H,7-13,15-25H2,1-6H3,(H,40,42)/t27-,29+,30+,31-,32+,33+,34-,35+,36?,38+,39-/m1/s1. The van der Waals surface area contributed by atoms with Crippen molar-refractivity contribution >= 4 is 6.09 Å². The van der Waals surface area contributed by atoms with E-state index in [9.17, 15) is 9.90 Å². The minimum absolute atomic E-state index is 0.00143. The van der Waals surface area contributed by atoms with Crippen LogP contribution < -0.4 is 5.32 Å². The van der Waals surface area contributed by atoms with Gasteiger partial charge in [0.25, 0.3) is 0 Å². The molecule has 1 unspecified atom stereocenters. The third kappa shape index (κ3) is 8.17. The van der Waals surface area contributed by atoms with Gasteiger partial charge in [-0.05, 0) is 104 Å². The smallest absolute Gasteiger partial charge is 0.407 e. The Morgan fingerprint density at radius 2 is 1.83 bits per heavy atom. The number of rotatable bonds is 15. The first-order valence-corrected chi connectivity index (χ1v) is 19.2. The van der Waals surface area contributed by atoms with Gasteiger partial charge in [0.2, 0.25) is 0 Å². The molecule has 0 radical (unpaired) electrons. The zero-order valence-corrected chi connectivity index (χ0v) is 30.1. The van der Waals surface area contributed by atoms with Gasteiger partial charge in [-0.3, -0.25) is 0 Å². The summed E-state index contributed by atoms with van der Waals surface area (Å²) in [6.07, 6.45) is 19.2. The van der Waals surface area contributed by atoms with E-state index in [0.717, 1.165) is 80.5 Å². The number of allylic oxidation sites excluding steroid dienone is 1. The van der Waals surface area contributed by atoms with Crippen LogP contribution in [0.15, 0.2) is 11.6 Å². The molecule has 7 heteroatoms. The second-order valence-electron chi connectivity index (χ2n) is 16.7. The average Bonchev–Trinajstić information content (AvgIpc) is 3.56. The molecule has 1 heterocycles. The second-order valence-corrected chi connectivity index (χ2v) is 16.7. The van der Waals surface area contributed by atoms with Crippen LogP contribution >= 0.6 is 0 Å². The van der Waals surface area contributed by atoms with Crippen molar-refractivity contribution in [3.05, 3.63) is 11.6 Å². The number of ether oxygens (including phenoxy) is 4. The van der Waals surface area contributed by atoms with Crippen molar-refractivity contribution in [2.45, 2.75) is 162 Å². The highest BCUT2D eigenvalue weighted by Crippen LogP contribution is 2.67. The summed E-state index contributed by atoms with van der Waals surface area (Å²) in [5, 5.41) is 12.8. The number of fused-ring (bicyclic) bond motifs is 5. The van der Waals surface area contributed by atoms with Gasteiger partial charge in [-0.1, -0.05) is 78.4 Å². The summed E-state index contributed by atoms with van der Waals surface area (Å²) < 4.78 is 22.2. The van der Waals surface area contributed by atoms with Crippen molar-refractivity contribution in [2.24, 2.45) is 46.3 Å². The number of aliphatic hydroxyl groups is 1. The number of carbonyl (C=O) groups is 1. The van der Waals surface area contributed by atoms with Gasteiger partial charge in [-0.15, -0.1) is 0 Å². The van der Waals surface area contributed by atoms with Gasteiger partial charge in [-0.25, -0.2) is 4.79 Å². The number of nitrogens with one attached hydrogen (secondary N) is 1. The Balaban J connectivity index is 1.01. The lowest BCUT2D eigenvalue weighted by Gasteiger charge is -2.58. The van der Waals surface area contributed by atoms with Crippen molar-refractivity contribution in [2.75, 3.05) is 20.3 Å². The van der Waals surface area contributed by atoms with Crippen molar-refractivity contribution < 1.29 is 28.8 Å². The highest BCUT2D eigenvalue weighted by Gasteiger charge is 2.59. The van der Waals surface area contributed by atoms with Crippen LogP contribution in [0.1, 0.15) is 137 Å². The van der Waals surface area contributed by atoms with E-state index in [1.165, 1.54) is 58.5 Å². The zero-order valence-electron chi connectivity index (χ0n) is 30.1. The van der Waals surface area contributed by atoms with Gasteiger partial charge in [0, 0.05) is 33.1 Å². The van der Waals surface area contributed by atoms with Gasteiger partial charge < -0.3 is 29.4 Å². The number of hydrogen-bond acceptors (Lipinski definition) is 6. The molecule has 1 aliphatic heterocycles. The summed E-state index contributed by atoms with van der Waals surface area (Å²) in [5.74, 6) is 5.08. The van der Waals surface area contributed by atoms with Crippen LogP contribution in [0.25, 0.3) is 0 Å². The molecular weight excluding hydrogens is 578 g/mol. The topological polar surface area (TPSA) is 86.2 Å². The third-order valence-electron chi connectivity index (χ3n) is 13.4. The molecule has 1 amide bonds. The molecule has 4 aliphatic carbocycles. The molecule has 0 aromatic heterocycles. The largest absolute Gasteiger partial charge is 0.446 e. The molecule has 5 rings (SSSR count). The molecule has 4 fully saturated rings. The maximum absolute atomic E-state index is 12.7. The Bertz CT molecular complexity index is 1020. The molecule has 0 spiro atoms. The summed E-state index contributed by atoms with van der Waals surface area (Å²) in [4.78, 5) is 12.7. The lowest BCUT2D eigenvalue weighted by Crippen LogP contribution is -2.51. The predicted molar refractivity (Wildman–Crippen MR) is 182 cm³/mol. The number of amides is 1. The molecule has 7 nitrogen and oxygen atoms in total. The van der Waals surface area contributed by atoms with Gasteiger partial charge in [0.05, 0.1) is 0 Å². The molecular formula is C39H67NO6. The van der Waals surface area contributed by atoms with E-state index in [1.807, 2.05) is 0 Å². The second kappa shape index (κ2) is 16.0. The fraction of sp³-hybridized carbons (Fsp3) is 0.923. The highest BCUT2D eigenvalue weighted by atomic mass is 16.8. The predicted octanol–water partition coefficient (Wildman–Crippen LogP) is 8.78. The van der Waals surface area contributed by atoms with Gasteiger partial charge in [0.15, 0.2) is 12.6 Å². The Morgan fingerprint density at radius 3 is 2.59 bits per heavy atom. The van der Waals surface area contributed by atoms with Crippen molar-refractivity contribution in [3.8, 4) is 0 Å². The number of aliphatic hydroxyl groups excluding tert-OH is 1. The van der Waals surface area contributed by atoms with Crippen LogP contribution in [0.4, 0.5) is 4.79 Å². The molecule has 0 aromatic carbocycles. The Morgan fingerprint density at radius 1 is 1.02 bits per heavy atom. The van der Waals surface area contributed by atoms with Crippen LogP contribution in [0.5, 0.6) is 0 Å². The summed E-state index contributed by atoms with van der Waals surface area (Å²) in [5.41, 5.74) is 2.38. The van der Waals surface area contributed by atoms with Gasteiger partial charge in [0.1, 0.15) is 12.2 Å². The average molecular weight is 646 g/mol. The lowest BCUT2D eigenvalue weighted by molar-refractivity contribution is -0.207. The van der Waals surface area contributed by atoms with E-state index in [0.29, 0.717) is 25.0 Å². The van der Waals surface area contributed by atoms with E-state index in [2.05, 4.69) is 46.0 Å². The fourth-order valence-electron chi connectivity index (χ4n) is 10.9. The molecule has 2 N–H and O–H groups in total. The molecule has 0 aromatic rings. The van der Waals surface area contributed by atoms with Crippen LogP contribution in [-0.4, -0.2) is 56.2 Å². The Hall–Kier alpha value is -1.15. The van der Waals surface area contributed by atoms with E-state index in [4.69, 9.17) is 18.9 Å². The first-order valence-electron chi connectivity index (χ1n) is 19.2. The van der Waals surface area contributed by atoms with Crippen LogP contribution in [0.2, 0.25) is 0 Å². The van der Waals surface area contributed by atoms with Crippen LogP contribution in [0.3, 0.4) is 0 Å². The molecule has 5 aliphatic rings. The van der Waals surface area contributed by atoms with Gasteiger partial charge in [-0.2, -0.15) is 0 Å². The van der Waals surface area contributed by atoms with E-state index in [-0.39, 0.29) is 17.6 Å². The maximum Gasteiger partial charge on any atom is 0.407 e. The number of unbranched alkanes of at least 4 members (excludes halogenated alkanes) is 3. The van der Waals surface area contributed by atoms with Crippen molar-refractivity contribution in [1.82, 2.24) is 5.32 Å². The summed E-state index contributed by atoms with van der Waals surface area (Å²) in [7, 11) is 1.53. The summed E-state index contributed by atoms with van der Waals surface area (Å²) >= 11 is 0. The molecule has 46 heavy (non-hydrogen) atoms. The zero-order chi connectivity index (χ0) is 32.9. The molecule has 264 valence electrons. The normalized spacial score (nSPS) is 39.3. The SMILES string of the molecule is COC1O[C@H](OCCCCCCNC(=O)O[C@H]2CC[C@@]3(C)C(=CC[C@H]4[C@@H]5CC[C@H]([C@H](C)CCCC(C)C)[C@@]5(C)CC[C@@H]43)C2)C[C@H]1O. The maximum atomic E-state index is 12.7. The van der Waals surface area contributed by atoms with E-state index in [1.54, 1.807) is 5.57 Å². The van der Waals surface area contributed by atoms with E-state index < -0.39 is 18.7 Å². The lowest BCUT2D eigenvalue weighted by atomic mass is 9.47. The molecule has 1 saturated heterocycles. The molecule has 0 bridgehead atoms. The highest BCUT2D eigenvalue weighted by molar-refractivity contribution is 5.67. The first-order chi connectivity index (χ1) is 22.0. The molecule has 11 atom stereocenters. The van der Waals surface area contributed by atoms with Crippen LogP contribution in [0, 0.1) is 46.3 Å². The minimum Gasteiger partial charge on any atom is -0.446 e. The number of methoxy groups -OCH3 is 1. The first kappa shape index (κ1) is 36.1. The summed E-state index contributed by atoms with van der Waals surface area (Å²) in [6.45, 7) is 13.8. The van der Waals surface area contributed by atoms with Crippen molar-refractivity contribution in [3.63, 3.8) is 0 Å². The van der Waals surface area contributed by atoms with E-state index >= 15 is 0 Å². The Kier molecular flexibility index (Phi) is 12.6. The minimum atomic E-state index is -0.627. The third-order valence-corrected chi connectivity index (χ3v) is 13.4. The number of carbonyl (C=O) groups excluding carboxylic acids is 1. The van der Waals surface area contributed by atoms with Crippen LogP contribution in [-0.2, 0) is 18.9 Å².